The number of ether oxygens (including phenoxy) is 1. The summed E-state index contributed by atoms with van der Waals surface area (Å²) in [6.45, 7) is 3.39. The molecule has 0 radical (unpaired) electrons. The Balaban J connectivity index is 2.48. The average molecular weight is 197 g/mol. The smallest absolute Gasteiger partial charge is 0.0650 e. The van der Waals surface area contributed by atoms with Gasteiger partial charge in [0.05, 0.1) is 6.61 Å². The van der Waals surface area contributed by atoms with E-state index in [4.69, 9.17) is 16.3 Å². The number of benzene rings is 1. The van der Waals surface area contributed by atoms with Crippen LogP contribution in [-0.2, 0) is 4.74 Å². The van der Waals surface area contributed by atoms with Crippen molar-refractivity contribution in [1.29, 1.82) is 0 Å². The van der Waals surface area contributed by atoms with Crippen molar-refractivity contribution in [1.82, 2.24) is 0 Å². The quantitative estimate of drug-likeness (QED) is 0.671. The molecule has 0 atom stereocenters. The van der Waals surface area contributed by atoms with Crippen LogP contribution in [0.4, 0.5) is 0 Å². The van der Waals surface area contributed by atoms with Crippen LogP contribution in [0.3, 0.4) is 0 Å². The zero-order chi connectivity index (χ0) is 9.52. The van der Waals surface area contributed by atoms with Crippen molar-refractivity contribution in [3.63, 3.8) is 0 Å². The van der Waals surface area contributed by atoms with Gasteiger partial charge in [-0.3, -0.25) is 0 Å². The fourth-order valence-electron chi connectivity index (χ4n) is 0.980. The van der Waals surface area contributed by atoms with Gasteiger partial charge < -0.3 is 4.74 Å². The molecule has 70 valence electrons. The molecule has 2 heteroatoms. The van der Waals surface area contributed by atoms with Gasteiger partial charge in [0.2, 0.25) is 0 Å². The summed E-state index contributed by atoms with van der Waals surface area (Å²) in [7, 11) is 0. The number of rotatable bonds is 4. The normalized spacial score (nSPS) is 10.9. The van der Waals surface area contributed by atoms with Crippen LogP contribution in [0.25, 0.3) is 6.08 Å². The van der Waals surface area contributed by atoms with E-state index in [1.54, 1.807) is 0 Å². The van der Waals surface area contributed by atoms with Crippen LogP contribution in [0.2, 0.25) is 5.02 Å². The molecule has 0 unspecified atom stereocenters. The highest BCUT2D eigenvalue weighted by molar-refractivity contribution is 6.30. The van der Waals surface area contributed by atoms with Gasteiger partial charge in [0, 0.05) is 11.6 Å². The van der Waals surface area contributed by atoms with Crippen LogP contribution in [0, 0.1) is 0 Å². The molecule has 13 heavy (non-hydrogen) atoms. The molecule has 0 saturated carbocycles. The second-order valence-electron chi connectivity index (χ2n) is 2.62. The molecule has 1 aromatic carbocycles. The third-order valence-corrected chi connectivity index (χ3v) is 1.81. The molecule has 0 aromatic heterocycles. The monoisotopic (exact) mass is 196 g/mol. The summed E-state index contributed by atoms with van der Waals surface area (Å²) < 4.78 is 5.17. The molecular weight excluding hydrogens is 184 g/mol. The summed E-state index contributed by atoms with van der Waals surface area (Å²) in [5.41, 5.74) is 1.10. The van der Waals surface area contributed by atoms with Gasteiger partial charge in [0.25, 0.3) is 0 Å². The van der Waals surface area contributed by atoms with Crippen molar-refractivity contribution in [2.75, 3.05) is 13.2 Å². The molecule has 0 saturated heterocycles. The van der Waals surface area contributed by atoms with Gasteiger partial charge in [-0.15, -0.1) is 0 Å². The SMILES string of the molecule is CCOC/C=C/c1cccc(Cl)c1. The van der Waals surface area contributed by atoms with Crippen molar-refractivity contribution in [3.05, 3.63) is 40.9 Å². The zero-order valence-corrected chi connectivity index (χ0v) is 8.42. The summed E-state index contributed by atoms with van der Waals surface area (Å²) in [5, 5.41) is 0.763. The summed E-state index contributed by atoms with van der Waals surface area (Å²) in [4.78, 5) is 0. The van der Waals surface area contributed by atoms with Gasteiger partial charge in [-0.1, -0.05) is 35.9 Å². The van der Waals surface area contributed by atoms with Gasteiger partial charge in [0.15, 0.2) is 0 Å². The van der Waals surface area contributed by atoms with E-state index in [1.165, 1.54) is 0 Å². The maximum absolute atomic E-state index is 5.82. The largest absolute Gasteiger partial charge is 0.378 e. The molecule has 0 spiro atoms. The van der Waals surface area contributed by atoms with Crippen molar-refractivity contribution in [2.24, 2.45) is 0 Å². The molecule has 0 aliphatic heterocycles. The third-order valence-electron chi connectivity index (χ3n) is 1.58. The molecule has 0 bridgehead atoms. The van der Waals surface area contributed by atoms with E-state index in [9.17, 15) is 0 Å². The van der Waals surface area contributed by atoms with E-state index in [0.717, 1.165) is 17.2 Å². The lowest BCUT2D eigenvalue weighted by atomic mass is 10.2. The summed E-state index contributed by atoms with van der Waals surface area (Å²) in [5.74, 6) is 0. The van der Waals surface area contributed by atoms with Crippen LogP contribution >= 0.6 is 11.6 Å². The van der Waals surface area contributed by atoms with Crippen molar-refractivity contribution < 1.29 is 4.74 Å². The Bertz CT molecular complexity index is 281. The minimum absolute atomic E-state index is 0.656. The Morgan fingerprint density at radius 1 is 1.46 bits per heavy atom. The first-order chi connectivity index (χ1) is 6.33. The molecule has 1 aromatic rings. The van der Waals surface area contributed by atoms with Crippen molar-refractivity contribution in [2.45, 2.75) is 6.92 Å². The van der Waals surface area contributed by atoms with Gasteiger partial charge in [0.1, 0.15) is 0 Å². The van der Waals surface area contributed by atoms with Crippen molar-refractivity contribution in [3.8, 4) is 0 Å². The number of halogens is 1. The Kier molecular flexibility index (Phi) is 4.58. The topological polar surface area (TPSA) is 9.23 Å². The van der Waals surface area contributed by atoms with E-state index in [2.05, 4.69) is 0 Å². The molecule has 0 heterocycles. The van der Waals surface area contributed by atoms with Crippen LogP contribution in [-0.4, -0.2) is 13.2 Å². The molecule has 1 rings (SSSR count). The fourth-order valence-corrected chi connectivity index (χ4v) is 1.18. The van der Waals surface area contributed by atoms with Crippen LogP contribution in [0.15, 0.2) is 30.3 Å². The number of hydrogen-bond donors (Lipinski definition) is 0. The maximum atomic E-state index is 5.82. The van der Waals surface area contributed by atoms with Gasteiger partial charge in [-0.25, -0.2) is 0 Å². The molecule has 0 aliphatic carbocycles. The van der Waals surface area contributed by atoms with Crippen LogP contribution < -0.4 is 0 Å². The predicted octanol–water partition coefficient (Wildman–Crippen LogP) is 3.39. The van der Waals surface area contributed by atoms with Gasteiger partial charge >= 0.3 is 0 Å². The Hall–Kier alpha value is -0.790. The van der Waals surface area contributed by atoms with Gasteiger partial charge in [-0.05, 0) is 24.6 Å². The van der Waals surface area contributed by atoms with E-state index in [-0.39, 0.29) is 0 Å². The van der Waals surface area contributed by atoms with Crippen LogP contribution in [0.1, 0.15) is 12.5 Å². The second-order valence-corrected chi connectivity index (χ2v) is 3.05. The first-order valence-electron chi connectivity index (χ1n) is 4.33. The van der Waals surface area contributed by atoms with Crippen LogP contribution in [0.5, 0.6) is 0 Å². The highest BCUT2D eigenvalue weighted by Crippen LogP contribution is 2.11. The van der Waals surface area contributed by atoms with Gasteiger partial charge in [-0.2, -0.15) is 0 Å². The van der Waals surface area contributed by atoms with E-state index in [1.807, 2.05) is 43.3 Å². The molecule has 0 amide bonds. The van der Waals surface area contributed by atoms with E-state index in [0.29, 0.717) is 6.61 Å². The highest BCUT2D eigenvalue weighted by Gasteiger charge is 1.87. The Morgan fingerprint density at radius 2 is 2.31 bits per heavy atom. The second kappa shape index (κ2) is 5.79. The van der Waals surface area contributed by atoms with Crippen molar-refractivity contribution >= 4 is 17.7 Å². The maximum Gasteiger partial charge on any atom is 0.0650 e. The standard InChI is InChI=1S/C11H13ClO/c1-2-13-8-4-6-10-5-3-7-11(12)9-10/h3-7,9H,2,8H2,1H3/b6-4+. The Morgan fingerprint density at radius 3 is 3.00 bits per heavy atom. The summed E-state index contributed by atoms with van der Waals surface area (Å²) in [6, 6.07) is 7.72. The number of hydrogen-bond acceptors (Lipinski definition) is 1. The molecule has 0 N–H and O–H groups in total. The minimum Gasteiger partial charge on any atom is -0.378 e. The van der Waals surface area contributed by atoms with E-state index < -0.39 is 0 Å². The third kappa shape index (κ3) is 4.11. The average Bonchev–Trinajstić information content (AvgIpc) is 2.13. The lowest BCUT2D eigenvalue weighted by molar-refractivity contribution is 0.178. The Labute approximate surface area is 84.0 Å². The fraction of sp³-hybridized carbons (Fsp3) is 0.273. The first-order valence-corrected chi connectivity index (χ1v) is 4.70. The first kappa shape index (κ1) is 10.3. The zero-order valence-electron chi connectivity index (χ0n) is 7.66. The molecule has 0 aliphatic rings. The molecule has 0 fully saturated rings. The predicted molar refractivity (Wildman–Crippen MR) is 57.0 cm³/mol. The molecular formula is C11H13ClO. The lowest BCUT2D eigenvalue weighted by Gasteiger charge is -1.95. The highest BCUT2D eigenvalue weighted by atomic mass is 35.5. The van der Waals surface area contributed by atoms with E-state index >= 15 is 0 Å². The lowest BCUT2D eigenvalue weighted by Crippen LogP contribution is -1.87. The minimum atomic E-state index is 0.656. The molecule has 1 nitrogen and oxygen atoms in total. The summed E-state index contributed by atoms with van der Waals surface area (Å²) in [6.07, 6.45) is 3.98. The summed E-state index contributed by atoms with van der Waals surface area (Å²) >= 11 is 5.82.